The molecule has 3 N–H and O–H groups in total. The summed E-state index contributed by atoms with van der Waals surface area (Å²) in [5.41, 5.74) is 2.25. The van der Waals surface area contributed by atoms with E-state index in [2.05, 4.69) is 10.6 Å². The molecular weight excluding hydrogens is 514 g/mol. The highest BCUT2D eigenvalue weighted by atomic mass is 19.1. The van der Waals surface area contributed by atoms with Gasteiger partial charge in [0.25, 0.3) is 5.91 Å². The van der Waals surface area contributed by atoms with Crippen LogP contribution in [0.5, 0.6) is 5.75 Å². The third-order valence-corrected chi connectivity index (χ3v) is 6.40. The maximum Gasteiger partial charge on any atom is 0.251 e. The van der Waals surface area contributed by atoms with Gasteiger partial charge in [-0.25, -0.2) is 8.78 Å². The van der Waals surface area contributed by atoms with Crippen molar-refractivity contribution in [2.24, 2.45) is 0 Å². The third-order valence-electron chi connectivity index (χ3n) is 6.40. The Hall–Kier alpha value is -4.40. The van der Waals surface area contributed by atoms with Gasteiger partial charge in [0.05, 0.1) is 19.3 Å². The molecule has 40 heavy (non-hydrogen) atoms. The fraction of sp³-hybridized carbons (Fsp3) is 0.188. The Labute approximate surface area is 231 Å². The average Bonchev–Trinajstić information content (AvgIpc) is 2.96. The molecule has 4 aromatic rings. The third kappa shape index (κ3) is 7.81. The Morgan fingerprint density at radius 3 is 2.20 bits per heavy atom. The lowest BCUT2D eigenvalue weighted by Crippen LogP contribution is -2.48. The Morgan fingerprint density at radius 2 is 1.48 bits per heavy atom. The second-order valence-corrected chi connectivity index (χ2v) is 9.39. The molecule has 0 aliphatic heterocycles. The first kappa shape index (κ1) is 28.6. The molecule has 8 heteroatoms. The minimum absolute atomic E-state index is 0.0228. The van der Waals surface area contributed by atoms with E-state index in [1.807, 2.05) is 30.3 Å². The van der Waals surface area contributed by atoms with Crippen LogP contribution >= 0.6 is 0 Å². The first-order valence-corrected chi connectivity index (χ1v) is 12.8. The van der Waals surface area contributed by atoms with E-state index in [1.54, 1.807) is 49.6 Å². The van der Waals surface area contributed by atoms with Crippen molar-refractivity contribution < 1.29 is 28.2 Å². The van der Waals surface area contributed by atoms with Gasteiger partial charge in [-0.2, -0.15) is 0 Å². The van der Waals surface area contributed by atoms with E-state index in [0.717, 1.165) is 23.8 Å². The van der Waals surface area contributed by atoms with Crippen molar-refractivity contribution in [2.45, 2.75) is 25.1 Å². The topological polar surface area (TPSA) is 87.7 Å². The smallest absolute Gasteiger partial charge is 0.251 e. The number of carbonyl (C=O) groups excluding carboxylic acids is 2. The van der Waals surface area contributed by atoms with Gasteiger partial charge < -0.3 is 20.5 Å². The molecule has 6 nitrogen and oxygen atoms in total. The van der Waals surface area contributed by atoms with Crippen molar-refractivity contribution in [3.8, 4) is 5.75 Å². The largest absolute Gasteiger partial charge is 0.497 e. The fourth-order valence-corrected chi connectivity index (χ4v) is 4.36. The standard InChI is InChI=1S/C32H30F2N2O4/c1-40-28-12-5-7-21(15-28)19-35-20-30(37)29(16-22-13-26(33)18-27(34)14-22)36-32(39)25-11-6-10-24(17-25)31(38)23-8-3-2-4-9-23/h2-15,17-18,29-30,35,37H,16,19-20H2,1H3,(H,36,39)/t29-,30-/m0/s1. The summed E-state index contributed by atoms with van der Waals surface area (Å²) in [4.78, 5) is 26.1. The molecule has 0 saturated carbocycles. The Kier molecular flexibility index (Phi) is 9.72. The molecule has 0 bridgehead atoms. The van der Waals surface area contributed by atoms with E-state index in [1.165, 1.54) is 6.07 Å². The van der Waals surface area contributed by atoms with E-state index in [4.69, 9.17) is 4.74 Å². The van der Waals surface area contributed by atoms with Crippen molar-refractivity contribution in [3.63, 3.8) is 0 Å². The van der Waals surface area contributed by atoms with Crippen molar-refractivity contribution >= 4 is 11.7 Å². The maximum atomic E-state index is 13.9. The SMILES string of the molecule is COc1cccc(CNC[C@H](O)[C@H](Cc2cc(F)cc(F)c2)NC(=O)c2cccc(C(=O)c3ccccc3)c2)c1. The molecule has 0 radical (unpaired) electrons. The van der Waals surface area contributed by atoms with Crippen molar-refractivity contribution in [3.05, 3.63) is 137 Å². The first-order valence-electron chi connectivity index (χ1n) is 12.8. The normalized spacial score (nSPS) is 12.4. The number of methoxy groups -OCH3 is 1. The van der Waals surface area contributed by atoms with Crippen molar-refractivity contribution in [2.75, 3.05) is 13.7 Å². The number of ketones is 1. The summed E-state index contributed by atoms with van der Waals surface area (Å²) in [6.07, 6.45) is -1.12. The number of rotatable bonds is 12. The predicted octanol–water partition coefficient (Wildman–Crippen LogP) is 4.70. The summed E-state index contributed by atoms with van der Waals surface area (Å²) in [5.74, 6) is -1.57. The van der Waals surface area contributed by atoms with Gasteiger partial charge in [0.2, 0.25) is 0 Å². The second-order valence-electron chi connectivity index (χ2n) is 9.39. The van der Waals surface area contributed by atoms with Crippen LogP contribution in [0.1, 0.15) is 37.4 Å². The molecule has 0 unspecified atom stereocenters. The second kappa shape index (κ2) is 13.6. The highest BCUT2D eigenvalue weighted by Crippen LogP contribution is 2.16. The molecule has 0 heterocycles. The number of ether oxygens (including phenoxy) is 1. The van der Waals surface area contributed by atoms with Gasteiger partial charge in [0.15, 0.2) is 5.78 Å². The number of halogens is 2. The average molecular weight is 545 g/mol. The van der Waals surface area contributed by atoms with E-state index in [-0.39, 0.29) is 29.9 Å². The number of hydrogen-bond acceptors (Lipinski definition) is 5. The molecule has 0 fully saturated rings. The molecule has 2 atom stereocenters. The van der Waals surface area contributed by atoms with Gasteiger partial charge in [-0.05, 0) is 53.9 Å². The summed E-state index contributed by atoms with van der Waals surface area (Å²) < 4.78 is 33.0. The lowest BCUT2D eigenvalue weighted by molar-refractivity contribution is 0.0830. The zero-order chi connectivity index (χ0) is 28.5. The summed E-state index contributed by atoms with van der Waals surface area (Å²) >= 11 is 0. The molecule has 0 aliphatic carbocycles. The van der Waals surface area contributed by atoms with E-state index < -0.39 is 29.7 Å². The number of amides is 1. The molecule has 0 saturated heterocycles. The van der Waals surface area contributed by atoms with Crippen LogP contribution in [0.15, 0.2) is 97.1 Å². The summed E-state index contributed by atoms with van der Waals surface area (Å²) in [5, 5.41) is 17.0. The van der Waals surface area contributed by atoms with Crippen molar-refractivity contribution in [1.29, 1.82) is 0 Å². The highest BCUT2D eigenvalue weighted by Gasteiger charge is 2.23. The van der Waals surface area contributed by atoms with Gasteiger partial charge in [0, 0.05) is 35.8 Å². The number of aliphatic hydroxyl groups excluding tert-OH is 1. The molecule has 0 aliphatic rings. The molecule has 0 spiro atoms. The molecule has 1 amide bonds. The molecular formula is C32H30F2N2O4. The lowest BCUT2D eigenvalue weighted by Gasteiger charge is -2.25. The van der Waals surface area contributed by atoms with Crippen LogP contribution in [0.3, 0.4) is 0 Å². The van der Waals surface area contributed by atoms with Gasteiger partial charge in [0.1, 0.15) is 17.4 Å². The summed E-state index contributed by atoms with van der Waals surface area (Å²) in [6.45, 7) is 0.514. The lowest BCUT2D eigenvalue weighted by atomic mass is 9.99. The fourth-order valence-electron chi connectivity index (χ4n) is 4.36. The molecule has 206 valence electrons. The van der Waals surface area contributed by atoms with Crippen LogP contribution in [0.2, 0.25) is 0 Å². The minimum atomic E-state index is -1.10. The Morgan fingerprint density at radius 1 is 0.800 bits per heavy atom. The highest BCUT2D eigenvalue weighted by molar-refractivity contribution is 6.10. The van der Waals surface area contributed by atoms with Crippen LogP contribution in [0.4, 0.5) is 8.78 Å². The van der Waals surface area contributed by atoms with Gasteiger partial charge in [-0.1, -0.05) is 54.6 Å². The first-order chi connectivity index (χ1) is 19.3. The number of nitrogens with one attached hydrogen (secondary N) is 2. The molecule has 0 aromatic heterocycles. The number of carbonyl (C=O) groups is 2. The maximum absolute atomic E-state index is 13.9. The Bertz CT molecular complexity index is 1440. The van der Waals surface area contributed by atoms with E-state index >= 15 is 0 Å². The number of benzene rings is 4. The van der Waals surface area contributed by atoms with Crippen molar-refractivity contribution in [1.82, 2.24) is 10.6 Å². The number of hydrogen-bond donors (Lipinski definition) is 3. The zero-order valence-electron chi connectivity index (χ0n) is 21.9. The predicted molar refractivity (Wildman–Crippen MR) is 148 cm³/mol. The van der Waals surface area contributed by atoms with Gasteiger partial charge in [-0.3, -0.25) is 9.59 Å². The van der Waals surface area contributed by atoms with Crippen LogP contribution < -0.4 is 15.4 Å². The Balaban J connectivity index is 1.49. The van der Waals surface area contributed by atoms with Crippen LogP contribution in [-0.4, -0.2) is 42.6 Å². The summed E-state index contributed by atoms with van der Waals surface area (Å²) in [6, 6.07) is 24.6. The minimum Gasteiger partial charge on any atom is -0.497 e. The molecule has 4 rings (SSSR count). The molecule has 4 aromatic carbocycles. The van der Waals surface area contributed by atoms with E-state index in [0.29, 0.717) is 23.4 Å². The van der Waals surface area contributed by atoms with Crippen LogP contribution in [-0.2, 0) is 13.0 Å². The van der Waals surface area contributed by atoms with Crippen LogP contribution in [0.25, 0.3) is 0 Å². The monoisotopic (exact) mass is 544 g/mol. The van der Waals surface area contributed by atoms with Crippen LogP contribution in [0, 0.1) is 11.6 Å². The van der Waals surface area contributed by atoms with Gasteiger partial charge in [-0.15, -0.1) is 0 Å². The summed E-state index contributed by atoms with van der Waals surface area (Å²) in [7, 11) is 1.58. The number of aliphatic hydroxyl groups is 1. The van der Waals surface area contributed by atoms with E-state index in [9.17, 15) is 23.5 Å². The zero-order valence-corrected chi connectivity index (χ0v) is 21.9. The van der Waals surface area contributed by atoms with Gasteiger partial charge >= 0.3 is 0 Å². The quantitative estimate of drug-likeness (QED) is 0.225.